The van der Waals surface area contributed by atoms with Crippen LogP contribution in [0.4, 0.5) is 0 Å². The zero-order valence-corrected chi connectivity index (χ0v) is 17.2. The summed E-state index contributed by atoms with van der Waals surface area (Å²) in [4.78, 5) is 28.2. The molecule has 0 spiro atoms. The number of rotatable bonds is 8. The van der Waals surface area contributed by atoms with Crippen LogP contribution < -0.4 is 10.6 Å². The van der Waals surface area contributed by atoms with E-state index in [0.717, 1.165) is 31.1 Å². The molecule has 0 radical (unpaired) electrons. The molecule has 0 atom stereocenters. The highest BCUT2D eigenvalue weighted by Crippen LogP contribution is 2.27. The highest BCUT2D eigenvalue weighted by atomic mass is 35.5. The molecule has 3 rings (SSSR count). The van der Waals surface area contributed by atoms with Gasteiger partial charge in [-0.3, -0.25) is 14.5 Å². The maximum absolute atomic E-state index is 12.2. The predicted molar refractivity (Wildman–Crippen MR) is 111 cm³/mol. The van der Waals surface area contributed by atoms with E-state index in [2.05, 4.69) is 15.5 Å². The molecule has 2 aliphatic rings. The SMILES string of the molecule is Cl.Cl.O=C(CN1CCN(C(=O)CNCC2CC2)CC1)NCc1ccccc1. The zero-order chi connectivity index (χ0) is 17.5. The molecule has 6 nitrogen and oxygen atoms in total. The van der Waals surface area contributed by atoms with Crippen molar-refractivity contribution in [1.29, 1.82) is 0 Å². The van der Waals surface area contributed by atoms with Gasteiger partial charge in [0.15, 0.2) is 0 Å². The van der Waals surface area contributed by atoms with Gasteiger partial charge in [-0.1, -0.05) is 30.3 Å². The largest absolute Gasteiger partial charge is 0.351 e. The molecule has 1 aromatic rings. The third kappa shape index (κ3) is 8.47. The fourth-order valence-electron chi connectivity index (χ4n) is 3.03. The number of halogens is 2. The Hall–Kier alpha value is -1.34. The van der Waals surface area contributed by atoms with Crippen molar-refractivity contribution in [2.75, 3.05) is 45.8 Å². The van der Waals surface area contributed by atoms with E-state index in [-0.39, 0.29) is 36.6 Å². The van der Waals surface area contributed by atoms with Crippen molar-refractivity contribution in [3.05, 3.63) is 35.9 Å². The van der Waals surface area contributed by atoms with Crippen LogP contribution in [0.15, 0.2) is 30.3 Å². The van der Waals surface area contributed by atoms with Crippen LogP contribution >= 0.6 is 24.8 Å². The second-order valence-electron chi connectivity index (χ2n) is 6.99. The van der Waals surface area contributed by atoms with Gasteiger partial charge >= 0.3 is 0 Å². The smallest absolute Gasteiger partial charge is 0.236 e. The Morgan fingerprint density at radius 3 is 2.30 bits per heavy atom. The minimum absolute atomic E-state index is 0. The summed E-state index contributed by atoms with van der Waals surface area (Å²) in [5.74, 6) is 1.00. The summed E-state index contributed by atoms with van der Waals surface area (Å²) in [6, 6.07) is 9.91. The molecule has 1 saturated carbocycles. The Balaban J connectivity index is 0.00000182. The zero-order valence-electron chi connectivity index (χ0n) is 15.6. The molecule has 0 aromatic heterocycles. The summed E-state index contributed by atoms with van der Waals surface area (Å²) in [6.07, 6.45) is 2.60. The van der Waals surface area contributed by atoms with Gasteiger partial charge in [-0.25, -0.2) is 0 Å². The summed E-state index contributed by atoms with van der Waals surface area (Å²) in [6.45, 7) is 5.28. The number of nitrogens with zero attached hydrogens (tertiary/aromatic N) is 2. The maximum atomic E-state index is 12.2. The first-order valence-electron chi connectivity index (χ1n) is 9.22. The van der Waals surface area contributed by atoms with E-state index in [9.17, 15) is 9.59 Å². The summed E-state index contributed by atoms with van der Waals surface area (Å²) < 4.78 is 0. The molecular weight excluding hydrogens is 387 g/mol. The van der Waals surface area contributed by atoms with Gasteiger partial charge in [-0.05, 0) is 30.9 Å². The van der Waals surface area contributed by atoms with E-state index in [1.165, 1.54) is 12.8 Å². The molecule has 1 aromatic carbocycles. The number of benzene rings is 1. The first-order chi connectivity index (χ1) is 12.2. The third-order valence-electron chi connectivity index (χ3n) is 4.83. The molecule has 1 aliphatic heterocycles. The first kappa shape index (κ1) is 23.7. The van der Waals surface area contributed by atoms with E-state index in [4.69, 9.17) is 0 Å². The number of hydrogen-bond acceptors (Lipinski definition) is 4. The number of amides is 2. The fourth-order valence-corrected chi connectivity index (χ4v) is 3.03. The maximum Gasteiger partial charge on any atom is 0.236 e. The minimum atomic E-state index is 0. The molecule has 2 fully saturated rings. The number of hydrogen-bond donors (Lipinski definition) is 2. The third-order valence-corrected chi connectivity index (χ3v) is 4.83. The quantitative estimate of drug-likeness (QED) is 0.669. The molecule has 152 valence electrons. The van der Waals surface area contributed by atoms with Gasteiger partial charge in [0.2, 0.25) is 11.8 Å². The molecule has 0 unspecified atom stereocenters. The van der Waals surface area contributed by atoms with Crippen molar-refractivity contribution in [2.24, 2.45) is 5.92 Å². The molecule has 1 saturated heterocycles. The molecule has 2 N–H and O–H groups in total. The second-order valence-corrected chi connectivity index (χ2v) is 6.99. The topological polar surface area (TPSA) is 64.7 Å². The Labute approximate surface area is 173 Å². The Kier molecular flexibility index (Phi) is 10.7. The van der Waals surface area contributed by atoms with Crippen molar-refractivity contribution in [3.63, 3.8) is 0 Å². The van der Waals surface area contributed by atoms with Gasteiger partial charge in [-0.2, -0.15) is 0 Å². The van der Waals surface area contributed by atoms with E-state index in [1.54, 1.807) is 0 Å². The van der Waals surface area contributed by atoms with E-state index in [1.807, 2.05) is 35.2 Å². The lowest BCUT2D eigenvalue weighted by Crippen LogP contribution is -2.52. The van der Waals surface area contributed by atoms with Gasteiger partial charge in [0.1, 0.15) is 0 Å². The van der Waals surface area contributed by atoms with Crippen LogP contribution in [-0.2, 0) is 16.1 Å². The monoisotopic (exact) mass is 416 g/mol. The number of carbonyl (C=O) groups is 2. The normalized spacial score (nSPS) is 16.8. The highest BCUT2D eigenvalue weighted by Gasteiger charge is 2.24. The van der Waals surface area contributed by atoms with Crippen LogP contribution in [0.5, 0.6) is 0 Å². The number of nitrogens with one attached hydrogen (secondary N) is 2. The minimum Gasteiger partial charge on any atom is -0.351 e. The standard InChI is InChI=1S/C19H28N4O2.2ClH/c24-18(21-13-16-4-2-1-3-5-16)15-22-8-10-23(11-9-22)19(25)14-20-12-17-6-7-17;;/h1-5,17,20H,6-15H2,(H,21,24);2*1H. The van der Waals surface area contributed by atoms with Gasteiger partial charge < -0.3 is 15.5 Å². The van der Waals surface area contributed by atoms with Crippen molar-refractivity contribution in [3.8, 4) is 0 Å². The van der Waals surface area contributed by atoms with Crippen LogP contribution in [0.3, 0.4) is 0 Å². The lowest BCUT2D eigenvalue weighted by atomic mass is 10.2. The van der Waals surface area contributed by atoms with E-state index < -0.39 is 0 Å². The summed E-state index contributed by atoms with van der Waals surface area (Å²) in [5, 5.41) is 6.20. The van der Waals surface area contributed by atoms with E-state index in [0.29, 0.717) is 32.7 Å². The molecule has 0 bridgehead atoms. The van der Waals surface area contributed by atoms with E-state index >= 15 is 0 Å². The van der Waals surface area contributed by atoms with Crippen molar-refractivity contribution >= 4 is 36.6 Å². The second kappa shape index (κ2) is 12.2. The number of carbonyl (C=O) groups excluding carboxylic acids is 2. The molecule has 1 heterocycles. The Morgan fingerprint density at radius 2 is 1.67 bits per heavy atom. The molecule has 2 amide bonds. The Bertz CT molecular complexity index is 576. The summed E-state index contributed by atoms with van der Waals surface area (Å²) in [7, 11) is 0. The van der Waals surface area contributed by atoms with Gasteiger partial charge in [0, 0.05) is 32.7 Å². The predicted octanol–water partition coefficient (Wildman–Crippen LogP) is 1.29. The fraction of sp³-hybridized carbons (Fsp3) is 0.579. The van der Waals surface area contributed by atoms with Gasteiger partial charge in [-0.15, -0.1) is 24.8 Å². The average Bonchev–Trinajstić information content (AvgIpc) is 3.46. The highest BCUT2D eigenvalue weighted by molar-refractivity contribution is 5.85. The molecular formula is C19H30Cl2N4O2. The van der Waals surface area contributed by atoms with Crippen LogP contribution in [0.25, 0.3) is 0 Å². The average molecular weight is 417 g/mol. The summed E-state index contributed by atoms with van der Waals surface area (Å²) >= 11 is 0. The van der Waals surface area contributed by atoms with Gasteiger partial charge in [0.25, 0.3) is 0 Å². The lowest BCUT2D eigenvalue weighted by molar-refractivity contribution is -0.132. The van der Waals surface area contributed by atoms with Crippen LogP contribution in [0, 0.1) is 5.92 Å². The lowest BCUT2D eigenvalue weighted by Gasteiger charge is -2.34. The van der Waals surface area contributed by atoms with Crippen LogP contribution in [-0.4, -0.2) is 67.4 Å². The molecule has 1 aliphatic carbocycles. The summed E-state index contributed by atoms with van der Waals surface area (Å²) in [5.41, 5.74) is 1.10. The van der Waals surface area contributed by atoms with Crippen molar-refractivity contribution in [1.82, 2.24) is 20.4 Å². The number of piperazine rings is 1. The van der Waals surface area contributed by atoms with Gasteiger partial charge in [0.05, 0.1) is 13.1 Å². The van der Waals surface area contributed by atoms with Crippen LogP contribution in [0.1, 0.15) is 18.4 Å². The molecule has 8 heteroatoms. The van der Waals surface area contributed by atoms with Crippen LogP contribution in [0.2, 0.25) is 0 Å². The van der Waals surface area contributed by atoms with Crippen molar-refractivity contribution in [2.45, 2.75) is 19.4 Å². The van der Waals surface area contributed by atoms with Crippen molar-refractivity contribution < 1.29 is 9.59 Å². The first-order valence-corrected chi connectivity index (χ1v) is 9.22. The Morgan fingerprint density at radius 1 is 1.00 bits per heavy atom. The molecule has 27 heavy (non-hydrogen) atoms.